The standard InChI is InChI=1S/C15H19N5O/c1-20-10-11(9-18-20)8-17-15(16)19-13-6-7-21-14-5-3-2-4-12(13)14/h2-5,9-10,13H,6-8H2,1H3,(H3,16,17,19). The fourth-order valence-electron chi connectivity index (χ4n) is 2.45. The van der Waals surface area contributed by atoms with E-state index < -0.39 is 0 Å². The maximum atomic E-state index is 5.99. The van der Waals surface area contributed by atoms with Crippen molar-refractivity contribution in [1.29, 1.82) is 0 Å². The third kappa shape index (κ3) is 3.16. The highest BCUT2D eigenvalue weighted by Crippen LogP contribution is 2.31. The van der Waals surface area contributed by atoms with Crippen LogP contribution in [0.15, 0.2) is 41.7 Å². The number of ether oxygens (including phenoxy) is 1. The summed E-state index contributed by atoms with van der Waals surface area (Å²) in [6.07, 6.45) is 4.60. The Balaban J connectivity index is 1.66. The summed E-state index contributed by atoms with van der Waals surface area (Å²) in [4.78, 5) is 4.36. The van der Waals surface area contributed by atoms with Crippen LogP contribution in [-0.2, 0) is 13.6 Å². The van der Waals surface area contributed by atoms with Crippen LogP contribution < -0.4 is 15.8 Å². The Kier molecular flexibility index (Phi) is 3.77. The van der Waals surface area contributed by atoms with Crippen molar-refractivity contribution in [1.82, 2.24) is 15.1 Å². The molecule has 6 nitrogen and oxygen atoms in total. The number of rotatable bonds is 3. The number of benzene rings is 1. The molecule has 1 aromatic heterocycles. The van der Waals surface area contributed by atoms with E-state index in [1.54, 1.807) is 10.9 Å². The summed E-state index contributed by atoms with van der Waals surface area (Å²) in [6.45, 7) is 1.21. The minimum atomic E-state index is 0.146. The van der Waals surface area contributed by atoms with Gasteiger partial charge in [-0.25, -0.2) is 4.99 Å². The first kappa shape index (κ1) is 13.5. The second-order valence-electron chi connectivity index (χ2n) is 5.10. The van der Waals surface area contributed by atoms with Crippen LogP contribution >= 0.6 is 0 Å². The summed E-state index contributed by atoms with van der Waals surface area (Å²) < 4.78 is 7.39. The molecule has 6 heteroatoms. The molecule has 0 amide bonds. The van der Waals surface area contributed by atoms with E-state index in [1.165, 1.54) is 0 Å². The fraction of sp³-hybridized carbons (Fsp3) is 0.333. The molecule has 0 bridgehead atoms. The van der Waals surface area contributed by atoms with Crippen molar-refractivity contribution in [3.8, 4) is 5.75 Å². The topological polar surface area (TPSA) is 77.5 Å². The highest BCUT2D eigenvalue weighted by molar-refractivity contribution is 5.78. The van der Waals surface area contributed by atoms with Gasteiger partial charge in [0.25, 0.3) is 0 Å². The van der Waals surface area contributed by atoms with Crippen molar-refractivity contribution in [3.63, 3.8) is 0 Å². The lowest BCUT2D eigenvalue weighted by atomic mass is 10.0. The molecule has 0 aliphatic carbocycles. The predicted octanol–water partition coefficient (Wildman–Crippen LogP) is 1.35. The summed E-state index contributed by atoms with van der Waals surface area (Å²) in [5.41, 5.74) is 8.15. The van der Waals surface area contributed by atoms with Gasteiger partial charge in [-0.1, -0.05) is 18.2 Å². The summed E-state index contributed by atoms with van der Waals surface area (Å²) in [5.74, 6) is 1.36. The predicted molar refractivity (Wildman–Crippen MR) is 81.0 cm³/mol. The Morgan fingerprint density at radius 2 is 2.38 bits per heavy atom. The first-order chi connectivity index (χ1) is 10.2. The molecule has 0 spiro atoms. The maximum absolute atomic E-state index is 5.99. The third-order valence-electron chi connectivity index (χ3n) is 3.47. The monoisotopic (exact) mass is 285 g/mol. The lowest BCUT2D eigenvalue weighted by Crippen LogP contribution is -2.37. The summed E-state index contributed by atoms with van der Waals surface area (Å²) in [5, 5.41) is 7.38. The van der Waals surface area contributed by atoms with Gasteiger partial charge in [-0.2, -0.15) is 5.10 Å². The molecule has 110 valence electrons. The van der Waals surface area contributed by atoms with Crippen molar-refractivity contribution in [3.05, 3.63) is 47.8 Å². The fourth-order valence-corrected chi connectivity index (χ4v) is 2.45. The van der Waals surface area contributed by atoms with Gasteiger partial charge in [-0.3, -0.25) is 4.68 Å². The van der Waals surface area contributed by atoms with Crippen LogP contribution in [0.5, 0.6) is 5.75 Å². The van der Waals surface area contributed by atoms with Gasteiger partial charge in [0.05, 0.1) is 25.4 Å². The molecule has 3 rings (SSSR count). The van der Waals surface area contributed by atoms with Crippen molar-refractivity contribution in [2.45, 2.75) is 19.0 Å². The molecule has 1 aliphatic heterocycles. The molecule has 1 aliphatic rings. The molecule has 2 aromatic rings. The van der Waals surface area contributed by atoms with Gasteiger partial charge < -0.3 is 15.8 Å². The molecule has 0 radical (unpaired) electrons. The number of nitrogens with zero attached hydrogens (tertiary/aromatic N) is 3. The van der Waals surface area contributed by atoms with Crippen molar-refractivity contribution >= 4 is 5.96 Å². The summed E-state index contributed by atoms with van der Waals surface area (Å²) in [6, 6.07) is 8.16. The Bertz CT molecular complexity index is 649. The van der Waals surface area contributed by atoms with E-state index >= 15 is 0 Å². The molecule has 2 heterocycles. The van der Waals surface area contributed by atoms with Gasteiger partial charge in [0.15, 0.2) is 5.96 Å². The number of aryl methyl sites for hydroxylation is 1. The molecule has 1 atom stereocenters. The number of nitrogens with one attached hydrogen (secondary N) is 1. The Morgan fingerprint density at radius 1 is 1.52 bits per heavy atom. The normalized spacial score (nSPS) is 18.0. The number of nitrogens with two attached hydrogens (primary N) is 1. The number of aliphatic imine (C=N–C) groups is 1. The molecule has 1 unspecified atom stereocenters. The van der Waals surface area contributed by atoms with Crippen LogP contribution in [-0.4, -0.2) is 22.3 Å². The van der Waals surface area contributed by atoms with Crippen LogP contribution in [0.2, 0.25) is 0 Å². The van der Waals surface area contributed by atoms with Crippen molar-refractivity contribution < 1.29 is 4.74 Å². The lowest BCUT2D eigenvalue weighted by molar-refractivity contribution is 0.262. The molecule has 1 aromatic carbocycles. The lowest BCUT2D eigenvalue weighted by Gasteiger charge is -2.26. The summed E-state index contributed by atoms with van der Waals surface area (Å²) in [7, 11) is 1.88. The minimum Gasteiger partial charge on any atom is -0.493 e. The Hall–Kier alpha value is -2.50. The Morgan fingerprint density at radius 3 is 3.19 bits per heavy atom. The van der Waals surface area contributed by atoms with Crippen LogP contribution in [0.25, 0.3) is 0 Å². The average molecular weight is 285 g/mol. The molecule has 21 heavy (non-hydrogen) atoms. The SMILES string of the molecule is Cn1cc(CN=C(N)NC2CCOc3ccccc32)cn1. The zero-order chi connectivity index (χ0) is 14.7. The molecule has 0 saturated heterocycles. The van der Waals surface area contributed by atoms with Gasteiger partial charge in [-0.05, 0) is 6.07 Å². The molecule has 0 fully saturated rings. The number of hydrogen-bond donors (Lipinski definition) is 2. The summed E-state index contributed by atoms with van der Waals surface area (Å²) >= 11 is 0. The molecular weight excluding hydrogens is 266 g/mol. The second-order valence-corrected chi connectivity index (χ2v) is 5.10. The quantitative estimate of drug-likeness (QED) is 0.659. The van der Waals surface area contributed by atoms with E-state index in [0.717, 1.165) is 23.3 Å². The first-order valence-electron chi connectivity index (χ1n) is 6.98. The van der Waals surface area contributed by atoms with E-state index in [9.17, 15) is 0 Å². The number of para-hydroxylation sites is 1. The Labute approximate surface area is 123 Å². The van der Waals surface area contributed by atoms with Crippen LogP contribution in [0.3, 0.4) is 0 Å². The molecular formula is C15H19N5O. The van der Waals surface area contributed by atoms with Crippen molar-refractivity contribution in [2.75, 3.05) is 6.61 Å². The smallest absolute Gasteiger partial charge is 0.189 e. The van der Waals surface area contributed by atoms with Crippen LogP contribution in [0.4, 0.5) is 0 Å². The molecule has 0 saturated carbocycles. The number of aromatic nitrogens is 2. The van der Waals surface area contributed by atoms with Gasteiger partial charge in [-0.15, -0.1) is 0 Å². The van der Waals surface area contributed by atoms with Crippen LogP contribution in [0.1, 0.15) is 23.6 Å². The zero-order valence-corrected chi connectivity index (χ0v) is 12.0. The van der Waals surface area contributed by atoms with E-state index in [-0.39, 0.29) is 6.04 Å². The molecule has 3 N–H and O–H groups in total. The maximum Gasteiger partial charge on any atom is 0.189 e. The van der Waals surface area contributed by atoms with Gasteiger partial charge in [0.1, 0.15) is 5.75 Å². The highest BCUT2D eigenvalue weighted by atomic mass is 16.5. The first-order valence-corrected chi connectivity index (χ1v) is 6.98. The van der Waals surface area contributed by atoms with Crippen molar-refractivity contribution in [2.24, 2.45) is 17.8 Å². The minimum absolute atomic E-state index is 0.146. The van der Waals surface area contributed by atoms with Gasteiger partial charge >= 0.3 is 0 Å². The second kappa shape index (κ2) is 5.87. The highest BCUT2D eigenvalue weighted by Gasteiger charge is 2.21. The van der Waals surface area contributed by atoms with E-state index in [1.807, 2.05) is 31.4 Å². The van der Waals surface area contributed by atoms with E-state index in [0.29, 0.717) is 19.1 Å². The van der Waals surface area contributed by atoms with Gasteiger partial charge in [0.2, 0.25) is 0 Å². The van der Waals surface area contributed by atoms with Crippen LogP contribution in [0, 0.1) is 0 Å². The average Bonchev–Trinajstić information content (AvgIpc) is 2.91. The van der Waals surface area contributed by atoms with E-state index in [2.05, 4.69) is 21.5 Å². The largest absolute Gasteiger partial charge is 0.493 e. The van der Waals surface area contributed by atoms with E-state index in [4.69, 9.17) is 10.5 Å². The third-order valence-corrected chi connectivity index (χ3v) is 3.47. The number of fused-ring (bicyclic) bond motifs is 1. The van der Waals surface area contributed by atoms with Gasteiger partial charge in [0, 0.05) is 30.8 Å². The number of guanidine groups is 1. The number of hydrogen-bond acceptors (Lipinski definition) is 3. The zero-order valence-electron chi connectivity index (χ0n) is 12.0.